The molecule has 0 saturated heterocycles. The van der Waals surface area contributed by atoms with Crippen LogP contribution >= 0.6 is 0 Å². The number of aromatic nitrogens is 1. The molecule has 2 aromatic rings. The van der Waals surface area contributed by atoms with Crippen molar-refractivity contribution in [1.82, 2.24) is 4.98 Å². The van der Waals surface area contributed by atoms with Gasteiger partial charge in [-0.1, -0.05) is 18.2 Å². The van der Waals surface area contributed by atoms with E-state index in [-0.39, 0.29) is 10.9 Å². The number of rotatable bonds is 1. The summed E-state index contributed by atoms with van der Waals surface area (Å²) in [4.78, 5) is 14.7. The molecular formula is C13H7F6NO2. The van der Waals surface area contributed by atoms with Crippen LogP contribution in [0.1, 0.15) is 21.6 Å². The number of carbonyl (C=O) groups excluding carboxylic acids is 1. The third-order valence-corrected chi connectivity index (χ3v) is 2.83. The second-order valence-corrected chi connectivity index (χ2v) is 4.21. The number of pyridine rings is 1. The van der Waals surface area contributed by atoms with E-state index in [1.165, 1.54) is 12.1 Å². The van der Waals surface area contributed by atoms with Gasteiger partial charge in [0.25, 0.3) is 0 Å². The minimum absolute atomic E-state index is 0.366. The first kappa shape index (κ1) is 16.1. The number of halogens is 6. The largest absolute Gasteiger partial charge is 0.465 e. The van der Waals surface area contributed by atoms with E-state index in [1.807, 2.05) is 0 Å². The van der Waals surface area contributed by atoms with Gasteiger partial charge in [0, 0.05) is 5.39 Å². The van der Waals surface area contributed by atoms with E-state index in [0.717, 1.165) is 19.2 Å². The smallest absolute Gasteiger partial charge is 0.434 e. The van der Waals surface area contributed by atoms with Crippen molar-refractivity contribution in [3.63, 3.8) is 0 Å². The Morgan fingerprint density at radius 2 is 1.64 bits per heavy atom. The minimum atomic E-state index is -5.43. The first-order valence-electron chi connectivity index (χ1n) is 5.72. The number of fused-ring (bicyclic) bond motifs is 1. The number of esters is 1. The number of ether oxygens (including phenoxy) is 1. The summed E-state index contributed by atoms with van der Waals surface area (Å²) in [5.41, 5.74) is -5.90. The summed E-state index contributed by atoms with van der Waals surface area (Å²) in [6, 6.07) is 4.73. The highest BCUT2D eigenvalue weighted by Crippen LogP contribution is 2.43. The van der Waals surface area contributed by atoms with Gasteiger partial charge in [0.05, 0.1) is 18.2 Å². The van der Waals surface area contributed by atoms with Crippen LogP contribution < -0.4 is 0 Å². The Hall–Kier alpha value is -2.32. The van der Waals surface area contributed by atoms with Crippen molar-refractivity contribution in [2.75, 3.05) is 7.11 Å². The van der Waals surface area contributed by atoms with E-state index in [0.29, 0.717) is 0 Å². The summed E-state index contributed by atoms with van der Waals surface area (Å²) >= 11 is 0. The number of hydrogen-bond donors (Lipinski definition) is 0. The van der Waals surface area contributed by atoms with Gasteiger partial charge in [-0.15, -0.1) is 0 Å². The van der Waals surface area contributed by atoms with E-state index >= 15 is 0 Å². The minimum Gasteiger partial charge on any atom is -0.465 e. The van der Waals surface area contributed by atoms with E-state index in [1.54, 1.807) is 0 Å². The number of carbonyl (C=O) groups is 1. The molecule has 0 bridgehead atoms. The number of alkyl halides is 6. The lowest BCUT2D eigenvalue weighted by Gasteiger charge is -2.19. The van der Waals surface area contributed by atoms with Crippen LogP contribution in [0.4, 0.5) is 26.3 Å². The predicted molar refractivity (Wildman–Crippen MR) is 63.1 cm³/mol. The monoisotopic (exact) mass is 323 g/mol. The number of para-hydroxylation sites is 1. The van der Waals surface area contributed by atoms with Crippen LogP contribution in [0.3, 0.4) is 0 Å². The molecule has 0 unspecified atom stereocenters. The second kappa shape index (κ2) is 5.15. The van der Waals surface area contributed by atoms with Crippen molar-refractivity contribution < 1.29 is 35.9 Å². The Balaban J connectivity index is 3.05. The molecule has 0 atom stereocenters. The molecular weight excluding hydrogens is 316 g/mol. The fourth-order valence-electron chi connectivity index (χ4n) is 2.01. The molecule has 0 aliphatic rings. The molecule has 0 aliphatic heterocycles. The summed E-state index contributed by atoms with van der Waals surface area (Å²) in [6.45, 7) is 0. The zero-order chi connectivity index (χ0) is 16.7. The first-order valence-corrected chi connectivity index (χ1v) is 5.72. The van der Waals surface area contributed by atoms with Gasteiger partial charge in [0.15, 0.2) is 5.69 Å². The molecule has 1 aromatic heterocycles. The molecule has 1 heterocycles. The SMILES string of the molecule is COC(=O)c1c(C(F)(F)F)c(C(F)(F)F)nc2ccccc12. The lowest BCUT2D eigenvalue weighted by molar-refractivity contribution is -0.164. The molecule has 0 radical (unpaired) electrons. The van der Waals surface area contributed by atoms with Crippen LogP contribution in [-0.4, -0.2) is 18.1 Å². The number of hydrogen-bond acceptors (Lipinski definition) is 3. The van der Waals surface area contributed by atoms with Crippen LogP contribution in [-0.2, 0) is 17.1 Å². The van der Waals surface area contributed by atoms with Gasteiger partial charge in [-0.25, -0.2) is 9.78 Å². The van der Waals surface area contributed by atoms with Gasteiger partial charge in [0.2, 0.25) is 0 Å². The number of benzene rings is 1. The maximum Gasteiger partial charge on any atom is 0.434 e. The Kier molecular flexibility index (Phi) is 3.76. The fourth-order valence-corrected chi connectivity index (χ4v) is 2.01. The average molecular weight is 323 g/mol. The summed E-state index contributed by atoms with van der Waals surface area (Å²) in [6.07, 6.45) is -10.8. The molecule has 1 aromatic carbocycles. The Labute approximate surface area is 119 Å². The number of methoxy groups -OCH3 is 1. The van der Waals surface area contributed by atoms with E-state index in [2.05, 4.69) is 9.72 Å². The molecule has 0 spiro atoms. The van der Waals surface area contributed by atoms with Gasteiger partial charge in [-0.05, 0) is 6.07 Å². The molecule has 2 rings (SSSR count). The fraction of sp³-hybridized carbons (Fsp3) is 0.231. The average Bonchev–Trinajstić information content (AvgIpc) is 2.42. The molecule has 0 saturated carbocycles. The molecule has 9 heteroatoms. The molecule has 0 N–H and O–H groups in total. The second-order valence-electron chi connectivity index (χ2n) is 4.21. The molecule has 0 amide bonds. The maximum atomic E-state index is 13.1. The van der Waals surface area contributed by atoms with Crippen molar-refractivity contribution in [3.05, 3.63) is 41.1 Å². The van der Waals surface area contributed by atoms with Gasteiger partial charge in [-0.3, -0.25) is 0 Å². The highest BCUT2D eigenvalue weighted by molar-refractivity contribution is 6.05. The summed E-state index contributed by atoms with van der Waals surface area (Å²) in [5, 5.41) is -0.366. The van der Waals surface area contributed by atoms with Gasteiger partial charge >= 0.3 is 18.3 Å². The Morgan fingerprint density at radius 3 is 2.14 bits per heavy atom. The highest BCUT2D eigenvalue weighted by Gasteiger charge is 2.48. The Bertz CT molecular complexity index is 736. The van der Waals surface area contributed by atoms with Crippen LogP contribution in [0.25, 0.3) is 10.9 Å². The van der Waals surface area contributed by atoms with Crippen LogP contribution in [0.15, 0.2) is 24.3 Å². The van der Waals surface area contributed by atoms with Crippen molar-refractivity contribution >= 4 is 16.9 Å². The van der Waals surface area contributed by atoms with Crippen LogP contribution in [0, 0.1) is 0 Å². The summed E-state index contributed by atoms with van der Waals surface area (Å²) in [5.74, 6) is -1.52. The normalized spacial score (nSPS) is 12.5. The standard InChI is InChI=1S/C13H7F6NO2/c1-22-11(21)8-6-4-2-3-5-7(6)20-10(13(17,18)19)9(8)12(14,15)16/h2-5H,1H3. The quantitative estimate of drug-likeness (QED) is 0.587. The van der Waals surface area contributed by atoms with Crippen molar-refractivity contribution in [2.45, 2.75) is 12.4 Å². The molecule has 0 aliphatic carbocycles. The van der Waals surface area contributed by atoms with Gasteiger partial charge < -0.3 is 4.74 Å². The third-order valence-electron chi connectivity index (χ3n) is 2.83. The first-order chi connectivity index (χ1) is 10.1. The van der Waals surface area contributed by atoms with E-state index in [4.69, 9.17) is 0 Å². The summed E-state index contributed by atoms with van der Waals surface area (Å²) < 4.78 is 82.4. The van der Waals surface area contributed by atoms with E-state index < -0.39 is 35.1 Å². The predicted octanol–water partition coefficient (Wildman–Crippen LogP) is 4.06. The van der Waals surface area contributed by atoms with Crippen molar-refractivity contribution in [1.29, 1.82) is 0 Å². The van der Waals surface area contributed by atoms with Crippen LogP contribution in [0.2, 0.25) is 0 Å². The zero-order valence-corrected chi connectivity index (χ0v) is 10.8. The third kappa shape index (κ3) is 2.70. The Morgan fingerprint density at radius 1 is 1.05 bits per heavy atom. The lowest BCUT2D eigenvalue weighted by atomic mass is 9.99. The molecule has 0 fully saturated rings. The topological polar surface area (TPSA) is 39.2 Å². The van der Waals surface area contributed by atoms with Crippen LogP contribution in [0.5, 0.6) is 0 Å². The highest BCUT2D eigenvalue weighted by atomic mass is 19.4. The summed E-state index contributed by atoms with van der Waals surface area (Å²) in [7, 11) is 0.783. The maximum absolute atomic E-state index is 13.1. The molecule has 3 nitrogen and oxygen atoms in total. The molecule has 118 valence electrons. The van der Waals surface area contributed by atoms with Crippen molar-refractivity contribution in [3.8, 4) is 0 Å². The van der Waals surface area contributed by atoms with Gasteiger partial charge in [-0.2, -0.15) is 26.3 Å². The van der Waals surface area contributed by atoms with E-state index in [9.17, 15) is 31.1 Å². The van der Waals surface area contributed by atoms with Gasteiger partial charge in [0.1, 0.15) is 5.56 Å². The zero-order valence-electron chi connectivity index (χ0n) is 10.8. The number of nitrogens with zero attached hydrogens (tertiary/aromatic N) is 1. The lowest BCUT2D eigenvalue weighted by Crippen LogP contribution is -2.23. The van der Waals surface area contributed by atoms with Crippen molar-refractivity contribution in [2.24, 2.45) is 0 Å². The molecule has 22 heavy (non-hydrogen) atoms.